The van der Waals surface area contributed by atoms with Crippen molar-refractivity contribution >= 4 is 25.8 Å². The fourth-order valence-corrected chi connectivity index (χ4v) is 2.78. The van der Waals surface area contributed by atoms with Gasteiger partial charge in [-0.3, -0.25) is 0 Å². The smallest absolute Gasteiger partial charge is 0.00955 e. The van der Waals surface area contributed by atoms with Crippen LogP contribution in [0.25, 0.3) is 11.6 Å². The lowest BCUT2D eigenvalue weighted by molar-refractivity contribution is 1.62. The van der Waals surface area contributed by atoms with E-state index >= 15 is 0 Å². The highest BCUT2D eigenvalue weighted by atomic mass is 31.0. The number of allylic oxidation sites excluding steroid dienone is 1. The Hall–Kier alpha value is -2.43. The Morgan fingerprint density at radius 2 is 1.05 bits per heavy atom. The molecule has 22 heavy (non-hydrogen) atoms. The molecule has 0 aliphatic heterocycles. The highest BCUT2D eigenvalue weighted by Crippen LogP contribution is 2.24. The van der Waals surface area contributed by atoms with Gasteiger partial charge < -0.3 is 0 Å². The van der Waals surface area contributed by atoms with E-state index in [4.69, 9.17) is 0 Å². The molecule has 0 aliphatic carbocycles. The molecule has 0 amide bonds. The Bertz CT molecular complexity index is 772. The van der Waals surface area contributed by atoms with Crippen LogP contribution in [0.5, 0.6) is 0 Å². The van der Waals surface area contributed by atoms with Gasteiger partial charge in [-0.2, -0.15) is 0 Å². The number of hydrogen-bond donors (Lipinski definition) is 0. The first-order chi connectivity index (χ1) is 10.8. The van der Waals surface area contributed by atoms with Crippen LogP contribution in [0.4, 0.5) is 0 Å². The Morgan fingerprint density at radius 1 is 0.591 bits per heavy atom. The minimum absolute atomic E-state index is 1.09. The van der Waals surface area contributed by atoms with Gasteiger partial charge in [0.05, 0.1) is 0 Å². The van der Waals surface area contributed by atoms with Gasteiger partial charge in [-0.15, -0.1) is 8.86 Å². The molecule has 0 unspecified atom stereocenters. The summed E-state index contributed by atoms with van der Waals surface area (Å²) in [7, 11) is 3.85. The van der Waals surface area contributed by atoms with Gasteiger partial charge >= 0.3 is 0 Å². The van der Waals surface area contributed by atoms with Crippen LogP contribution < -0.4 is 0 Å². The average molecular weight is 300 g/mol. The van der Waals surface area contributed by atoms with E-state index in [2.05, 4.69) is 87.7 Å². The summed E-state index contributed by atoms with van der Waals surface area (Å²) < 4.78 is 0. The molecule has 0 radical (unpaired) electrons. The maximum absolute atomic E-state index is 3.85. The van der Waals surface area contributed by atoms with Crippen LogP contribution in [-0.4, -0.2) is 5.29 Å². The molecule has 0 atom stereocenters. The molecule has 0 heterocycles. The molecule has 1 heteroatoms. The molecule has 0 saturated heterocycles. The fraction of sp³-hybridized carbons (Fsp3) is 0. The van der Waals surface area contributed by atoms with Gasteiger partial charge in [-0.1, -0.05) is 91.0 Å². The summed E-state index contributed by atoms with van der Waals surface area (Å²) >= 11 is 0. The summed E-state index contributed by atoms with van der Waals surface area (Å²) in [5.41, 5.74) is 4.73. The minimum atomic E-state index is 1.09. The molecule has 0 aliphatic rings. The van der Waals surface area contributed by atoms with E-state index in [1.54, 1.807) is 0 Å². The van der Waals surface area contributed by atoms with Crippen molar-refractivity contribution in [2.75, 3.05) is 0 Å². The maximum atomic E-state index is 3.85. The molecule has 0 saturated carbocycles. The maximum Gasteiger partial charge on any atom is 0.00955 e. The molecule has 3 rings (SSSR count). The van der Waals surface area contributed by atoms with Gasteiger partial charge in [-0.05, 0) is 28.3 Å². The predicted octanol–water partition coefficient (Wildman–Crippen LogP) is 5.59. The van der Waals surface area contributed by atoms with Crippen molar-refractivity contribution in [2.24, 2.45) is 0 Å². The van der Waals surface area contributed by atoms with E-state index < -0.39 is 0 Å². The third-order valence-electron chi connectivity index (χ3n) is 3.53. The van der Waals surface area contributed by atoms with Gasteiger partial charge in [0.15, 0.2) is 0 Å². The summed E-state index contributed by atoms with van der Waals surface area (Å²) in [6.07, 6.45) is 2.21. The fourth-order valence-electron chi connectivity index (χ4n) is 2.39. The predicted molar refractivity (Wildman–Crippen MR) is 99.6 cm³/mol. The highest BCUT2D eigenvalue weighted by Gasteiger charge is 2.08. The third kappa shape index (κ3) is 3.42. The largest absolute Gasteiger partial charge is 0.113 e. The molecule has 3 aromatic rings. The SMILES string of the molecule is P=C(C(=Cc1ccccc1)c1ccccc1)c1ccccc1. The minimum Gasteiger partial charge on any atom is -0.113 e. The molecular weight excluding hydrogens is 283 g/mol. The van der Waals surface area contributed by atoms with Crippen LogP contribution in [0.2, 0.25) is 0 Å². The second-order valence-corrected chi connectivity index (χ2v) is 5.58. The van der Waals surface area contributed by atoms with E-state index in [0.29, 0.717) is 0 Å². The molecule has 3 aromatic carbocycles. The van der Waals surface area contributed by atoms with Gasteiger partial charge in [0.1, 0.15) is 0 Å². The molecule has 0 spiro atoms. The zero-order valence-electron chi connectivity index (χ0n) is 12.2. The van der Waals surface area contributed by atoms with Crippen molar-refractivity contribution in [3.05, 3.63) is 108 Å². The highest BCUT2D eigenvalue weighted by molar-refractivity contribution is 7.25. The molecule has 0 N–H and O–H groups in total. The monoisotopic (exact) mass is 300 g/mol. The van der Waals surface area contributed by atoms with Crippen LogP contribution in [0.1, 0.15) is 16.7 Å². The molecular formula is C21H17P. The van der Waals surface area contributed by atoms with Crippen LogP contribution in [-0.2, 0) is 0 Å². The van der Waals surface area contributed by atoms with Crippen molar-refractivity contribution < 1.29 is 0 Å². The van der Waals surface area contributed by atoms with Crippen molar-refractivity contribution in [3.63, 3.8) is 0 Å². The van der Waals surface area contributed by atoms with E-state index in [-0.39, 0.29) is 0 Å². The lowest BCUT2D eigenvalue weighted by atomic mass is 9.96. The summed E-state index contributed by atoms with van der Waals surface area (Å²) in [6.45, 7) is 0. The molecule has 0 nitrogen and oxygen atoms in total. The quantitative estimate of drug-likeness (QED) is 0.435. The zero-order valence-corrected chi connectivity index (χ0v) is 13.2. The van der Waals surface area contributed by atoms with Gasteiger partial charge in [-0.25, -0.2) is 0 Å². The summed E-state index contributed by atoms with van der Waals surface area (Å²) in [6, 6.07) is 31.2. The first kappa shape index (κ1) is 14.5. The first-order valence-corrected chi connectivity index (χ1v) is 7.81. The molecule has 0 bridgehead atoms. The van der Waals surface area contributed by atoms with Gasteiger partial charge in [0, 0.05) is 5.29 Å². The van der Waals surface area contributed by atoms with Crippen LogP contribution in [0, 0.1) is 0 Å². The summed E-state index contributed by atoms with van der Waals surface area (Å²) in [5.74, 6) is 0. The lowest BCUT2D eigenvalue weighted by Crippen LogP contribution is -2.00. The van der Waals surface area contributed by atoms with Gasteiger partial charge in [0.25, 0.3) is 0 Å². The van der Waals surface area contributed by atoms with Crippen molar-refractivity contribution in [2.45, 2.75) is 0 Å². The topological polar surface area (TPSA) is 0 Å². The van der Waals surface area contributed by atoms with E-state index in [1.807, 2.05) is 18.2 Å². The molecule has 106 valence electrons. The van der Waals surface area contributed by atoms with Crippen LogP contribution in [0.3, 0.4) is 0 Å². The second kappa shape index (κ2) is 7.02. The van der Waals surface area contributed by atoms with Crippen LogP contribution in [0.15, 0.2) is 91.0 Å². The number of rotatable bonds is 4. The van der Waals surface area contributed by atoms with Crippen LogP contribution >= 0.6 is 8.86 Å². The van der Waals surface area contributed by atoms with E-state index in [0.717, 1.165) is 5.29 Å². The number of hydrogen-bond acceptors (Lipinski definition) is 0. The second-order valence-electron chi connectivity index (χ2n) is 5.08. The van der Waals surface area contributed by atoms with E-state index in [9.17, 15) is 0 Å². The Balaban J connectivity index is 2.08. The molecule has 0 aromatic heterocycles. The normalized spacial score (nSPS) is 11.2. The Morgan fingerprint density at radius 3 is 1.59 bits per heavy atom. The Kier molecular flexibility index (Phi) is 4.63. The zero-order chi connectivity index (χ0) is 15.2. The third-order valence-corrected chi connectivity index (χ3v) is 4.09. The number of benzene rings is 3. The molecule has 0 fully saturated rings. The van der Waals surface area contributed by atoms with Crippen molar-refractivity contribution in [3.8, 4) is 0 Å². The summed E-state index contributed by atoms with van der Waals surface area (Å²) in [4.78, 5) is 0. The first-order valence-electron chi connectivity index (χ1n) is 7.31. The van der Waals surface area contributed by atoms with Crippen molar-refractivity contribution in [1.29, 1.82) is 0 Å². The Labute approximate surface area is 134 Å². The van der Waals surface area contributed by atoms with Gasteiger partial charge in [0.2, 0.25) is 0 Å². The summed E-state index contributed by atoms with van der Waals surface area (Å²) in [5, 5.41) is 1.09. The average Bonchev–Trinajstić information content (AvgIpc) is 2.61. The lowest BCUT2D eigenvalue weighted by Gasteiger charge is -2.11. The van der Waals surface area contributed by atoms with E-state index in [1.165, 1.54) is 22.3 Å². The van der Waals surface area contributed by atoms with Crippen molar-refractivity contribution in [1.82, 2.24) is 0 Å². The standard InChI is InChI=1S/C21H17P/c22-21(19-14-8-3-9-15-19)20(18-12-6-2-7-13-18)16-17-10-4-1-5-11-17/h1-16,22H.